The number of carbonyl (C=O) groups is 1. The molecule has 0 radical (unpaired) electrons. The van der Waals surface area contributed by atoms with Crippen LogP contribution in [0.25, 0.3) is 0 Å². The van der Waals surface area contributed by atoms with Gasteiger partial charge < -0.3 is 20.1 Å². The van der Waals surface area contributed by atoms with Crippen LogP contribution in [0, 0.1) is 5.82 Å². The van der Waals surface area contributed by atoms with E-state index >= 15 is 0 Å². The van der Waals surface area contributed by atoms with E-state index in [1.54, 1.807) is 18.1 Å². The van der Waals surface area contributed by atoms with E-state index in [4.69, 9.17) is 15.2 Å². The lowest BCUT2D eigenvalue weighted by Crippen LogP contribution is -2.45. The first kappa shape index (κ1) is 19.8. The minimum atomic E-state index is -0.371. The van der Waals surface area contributed by atoms with Crippen LogP contribution in [0.15, 0.2) is 18.2 Å². The van der Waals surface area contributed by atoms with Crippen molar-refractivity contribution in [3.05, 3.63) is 35.1 Å². The average molecular weight is 347 g/mol. The van der Waals surface area contributed by atoms with Crippen LogP contribution < -0.4 is 5.73 Å². The van der Waals surface area contributed by atoms with Gasteiger partial charge in [-0.25, -0.2) is 4.39 Å². The Labute approximate surface area is 142 Å². The Morgan fingerprint density at radius 2 is 2.22 bits per heavy atom. The van der Waals surface area contributed by atoms with E-state index in [9.17, 15) is 9.18 Å². The molecule has 1 saturated heterocycles. The smallest absolute Gasteiger partial charge is 0.253 e. The van der Waals surface area contributed by atoms with Crippen LogP contribution in [0.4, 0.5) is 4.39 Å². The summed E-state index contributed by atoms with van der Waals surface area (Å²) in [5.41, 5.74) is 6.75. The van der Waals surface area contributed by atoms with Crippen molar-refractivity contribution in [3.63, 3.8) is 0 Å². The molecule has 1 aromatic carbocycles. The minimum Gasteiger partial charge on any atom is -0.382 e. The highest BCUT2D eigenvalue weighted by molar-refractivity contribution is 5.94. The van der Waals surface area contributed by atoms with Gasteiger partial charge in [0.05, 0.1) is 19.8 Å². The molecule has 1 amide bonds. The Balaban J connectivity index is 0.00000264. The Morgan fingerprint density at radius 3 is 2.91 bits per heavy atom. The van der Waals surface area contributed by atoms with Gasteiger partial charge in [-0.2, -0.15) is 0 Å². The highest BCUT2D eigenvalue weighted by Crippen LogP contribution is 2.16. The average Bonchev–Trinajstić information content (AvgIpc) is 2.52. The standard InChI is InChI=1S/C16H23FN2O3.ClH/c1-21-7-8-22-11-13-9-12(4-5-15(13)17)16(20)19-6-2-3-14(18)10-19;/h4-5,9,14H,2-3,6-8,10-11,18H2,1H3;1H. The van der Waals surface area contributed by atoms with Crippen molar-refractivity contribution in [1.82, 2.24) is 4.90 Å². The Morgan fingerprint density at radius 1 is 1.43 bits per heavy atom. The van der Waals surface area contributed by atoms with Crippen molar-refractivity contribution < 1.29 is 18.7 Å². The molecular formula is C16H24ClFN2O3. The zero-order valence-electron chi connectivity index (χ0n) is 13.3. The van der Waals surface area contributed by atoms with E-state index < -0.39 is 0 Å². The summed E-state index contributed by atoms with van der Waals surface area (Å²) in [5.74, 6) is -0.474. The number of amides is 1. The lowest BCUT2D eigenvalue weighted by Gasteiger charge is -2.30. The fourth-order valence-corrected chi connectivity index (χ4v) is 2.52. The quantitative estimate of drug-likeness (QED) is 0.800. The topological polar surface area (TPSA) is 64.8 Å². The summed E-state index contributed by atoms with van der Waals surface area (Å²) in [6.07, 6.45) is 1.84. The van der Waals surface area contributed by atoms with E-state index in [2.05, 4.69) is 0 Å². The lowest BCUT2D eigenvalue weighted by molar-refractivity contribution is 0.0602. The summed E-state index contributed by atoms with van der Waals surface area (Å²) in [4.78, 5) is 14.2. The van der Waals surface area contributed by atoms with Crippen molar-refractivity contribution >= 4 is 18.3 Å². The van der Waals surface area contributed by atoms with Crippen LogP contribution in [0.2, 0.25) is 0 Å². The molecule has 1 atom stereocenters. The Bertz CT molecular complexity index is 516. The third kappa shape index (κ3) is 5.73. The molecule has 5 nitrogen and oxygen atoms in total. The predicted molar refractivity (Wildman–Crippen MR) is 88.3 cm³/mol. The van der Waals surface area contributed by atoms with Gasteiger partial charge in [-0.15, -0.1) is 12.4 Å². The maximum atomic E-state index is 13.8. The van der Waals surface area contributed by atoms with Gasteiger partial charge in [0.2, 0.25) is 0 Å². The number of piperidine rings is 1. The maximum absolute atomic E-state index is 13.8. The van der Waals surface area contributed by atoms with Crippen molar-refractivity contribution in [2.24, 2.45) is 5.73 Å². The van der Waals surface area contributed by atoms with Gasteiger partial charge >= 0.3 is 0 Å². The first-order chi connectivity index (χ1) is 10.6. The van der Waals surface area contributed by atoms with E-state index in [0.29, 0.717) is 37.4 Å². The highest BCUT2D eigenvalue weighted by atomic mass is 35.5. The molecule has 1 aromatic rings. The Kier molecular flexibility index (Phi) is 8.47. The normalized spacial score (nSPS) is 17.7. The fraction of sp³-hybridized carbons (Fsp3) is 0.562. The zero-order chi connectivity index (χ0) is 15.9. The number of carbonyl (C=O) groups excluding carboxylic acids is 1. The van der Waals surface area contributed by atoms with E-state index in [0.717, 1.165) is 12.8 Å². The molecule has 0 spiro atoms. The number of rotatable bonds is 6. The summed E-state index contributed by atoms with van der Waals surface area (Å²) >= 11 is 0. The van der Waals surface area contributed by atoms with Crippen molar-refractivity contribution in [1.29, 1.82) is 0 Å². The summed E-state index contributed by atoms with van der Waals surface area (Å²) in [7, 11) is 1.58. The molecule has 1 unspecified atom stereocenters. The number of benzene rings is 1. The largest absolute Gasteiger partial charge is 0.382 e. The van der Waals surface area contributed by atoms with Gasteiger partial charge in [0, 0.05) is 37.4 Å². The number of hydrogen-bond donors (Lipinski definition) is 1. The first-order valence-electron chi connectivity index (χ1n) is 7.51. The maximum Gasteiger partial charge on any atom is 0.253 e. The number of nitrogens with two attached hydrogens (primary N) is 1. The first-order valence-corrected chi connectivity index (χ1v) is 7.51. The molecule has 23 heavy (non-hydrogen) atoms. The second kappa shape index (κ2) is 9.82. The fourth-order valence-electron chi connectivity index (χ4n) is 2.52. The summed E-state index contributed by atoms with van der Waals surface area (Å²) in [6.45, 7) is 2.20. The summed E-state index contributed by atoms with van der Waals surface area (Å²) < 4.78 is 24.0. The van der Waals surface area contributed by atoms with Crippen LogP contribution in [0.1, 0.15) is 28.8 Å². The van der Waals surface area contributed by atoms with Crippen molar-refractivity contribution in [2.45, 2.75) is 25.5 Å². The molecule has 1 fully saturated rings. The van der Waals surface area contributed by atoms with Crippen LogP contribution in [-0.4, -0.2) is 50.3 Å². The monoisotopic (exact) mass is 346 g/mol. The molecule has 7 heteroatoms. The lowest BCUT2D eigenvalue weighted by atomic mass is 10.0. The van der Waals surface area contributed by atoms with Gasteiger partial charge in [0.1, 0.15) is 5.82 Å². The van der Waals surface area contributed by atoms with E-state index in [1.165, 1.54) is 12.1 Å². The summed E-state index contributed by atoms with van der Waals surface area (Å²) in [5, 5.41) is 0. The Hall–Kier alpha value is -1.21. The molecular weight excluding hydrogens is 323 g/mol. The molecule has 130 valence electrons. The second-order valence-electron chi connectivity index (χ2n) is 5.51. The molecule has 2 N–H and O–H groups in total. The second-order valence-corrected chi connectivity index (χ2v) is 5.51. The van der Waals surface area contributed by atoms with Gasteiger partial charge in [-0.3, -0.25) is 4.79 Å². The number of hydrogen-bond acceptors (Lipinski definition) is 4. The number of likely N-dealkylation sites (tertiary alicyclic amines) is 1. The number of methoxy groups -OCH3 is 1. The van der Waals surface area contributed by atoms with Crippen molar-refractivity contribution in [2.75, 3.05) is 33.4 Å². The van der Waals surface area contributed by atoms with Crippen molar-refractivity contribution in [3.8, 4) is 0 Å². The molecule has 0 bridgehead atoms. The van der Waals surface area contributed by atoms with Crippen LogP contribution in [0.5, 0.6) is 0 Å². The molecule has 0 saturated carbocycles. The molecule has 1 aliphatic heterocycles. The SMILES string of the molecule is COCCOCc1cc(C(=O)N2CCCC(N)C2)ccc1F.Cl. The van der Waals surface area contributed by atoms with E-state index in [1.807, 2.05) is 0 Å². The predicted octanol–water partition coefficient (Wildman–Crippen LogP) is 1.97. The third-order valence-electron chi connectivity index (χ3n) is 3.73. The number of ether oxygens (including phenoxy) is 2. The molecule has 0 aromatic heterocycles. The van der Waals surface area contributed by atoms with E-state index in [-0.39, 0.29) is 36.8 Å². The molecule has 2 rings (SSSR count). The molecule has 1 aliphatic rings. The summed E-state index contributed by atoms with van der Waals surface area (Å²) in [6, 6.07) is 4.41. The van der Waals surface area contributed by atoms with Gasteiger partial charge in [0.15, 0.2) is 0 Å². The number of halogens is 2. The van der Waals surface area contributed by atoms with Crippen LogP contribution >= 0.6 is 12.4 Å². The van der Waals surface area contributed by atoms with Crippen LogP contribution in [-0.2, 0) is 16.1 Å². The van der Waals surface area contributed by atoms with Gasteiger partial charge in [-0.05, 0) is 31.0 Å². The third-order valence-corrected chi connectivity index (χ3v) is 3.73. The number of nitrogens with zero attached hydrogens (tertiary/aromatic N) is 1. The van der Waals surface area contributed by atoms with Crippen LogP contribution in [0.3, 0.4) is 0 Å². The molecule has 1 heterocycles. The minimum absolute atomic E-state index is 0. The zero-order valence-corrected chi connectivity index (χ0v) is 14.1. The van der Waals surface area contributed by atoms with Gasteiger partial charge in [-0.1, -0.05) is 0 Å². The highest BCUT2D eigenvalue weighted by Gasteiger charge is 2.22. The van der Waals surface area contributed by atoms with Gasteiger partial charge in [0.25, 0.3) is 5.91 Å². The molecule has 0 aliphatic carbocycles.